The summed E-state index contributed by atoms with van der Waals surface area (Å²) in [5.41, 5.74) is 0. The topological polar surface area (TPSA) is 52.9 Å². The molecule has 0 aliphatic rings. The monoisotopic (exact) mass is 415 g/mol. The number of aliphatic hydroxyl groups excluding tert-OH is 2. The summed E-state index contributed by atoms with van der Waals surface area (Å²) in [7, 11) is 4.27. The van der Waals surface area contributed by atoms with Gasteiger partial charge in [0, 0.05) is 19.8 Å². The third-order valence-corrected chi connectivity index (χ3v) is 5.72. The molecule has 0 atom stereocenters. The Balaban J connectivity index is 3.82. The van der Waals surface area contributed by atoms with Gasteiger partial charge in [0.05, 0.1) is 6.10 Å². The molecule has 0 amide bonds. The number of aliphatic hydroxyl groups is 2. The molecule has 0 aromatic carbocycles. The smallest absolute Gasteiger partial charge is 0.0575 e. The Morgan fingerprint density at radius 1 is 0.552 bits per heavy atom. The Bertz CT molecular complexity index is 280. The van der Waals surface area contributed by atoms with Crippen molar-refractivity contribution in [3.8, 4) is 0 Å². The molecule has 0 aromatic rings. The van der Waals surface area contributed by atoms with Crippen LogP contribution in [0.2, 0.25) is 0 Å². The van der Waals surface area contributed by atoms with Crippen molar-refractivity contribution in [3.05, 3.63) is 0 Å². The quantitative estimate of drug-likeness (QED) is 0.192. The van der Waals surface area contributed by atoms with Crippen LogP contribution in [0.5, 0.6) is 0 Å². The third-order valence-electron chi connectivity index (χ3n) is 5.72. The molecule has 0 rings (SSSR count). The van der Waals surface area contributed by atoms with E-state index in [9.17, 15) is 0 Å². The predicted octanol–water partition coefficient (Wildman–Crippen LogP) is 5.94. The Kier molecular flexibility index (Phi) is 24.0. The van der Waals surface area contributed by atoms with Gasteiger partial charge in [-0.2, -0.15) is 0 Å². The number of nitrogens with zero attached hydrogens (tertiary/aromatic N) is 1. The van der Waals surface area contributed by atoms with Crippen molar-refractivity contribution in [1.82, 2.24) is 4.90 Å². The zero-order valence-corrected chi connectivity index (χ0v) is 19.9. The maximum Gasteiger partial charge on any atom is 0.0575 e. The van der Waals surface area contributed by atoms with Crippen LogP contribution in [0.4, 0.5) is 0 Å². The number of hydrogen-bond acceptors (Lipinski definition) is 4. The second-order valence-corrected chi connectivity index (χ2v) is 8.98. The van der Waals surface area contributed by atoms with Crippen molar-refractivity contribution < 1.29 is 14.9 Å². The van der Waals surface area contributed by atoms with E-state index in [1.54, 1.807) is 0 Å². The average molecular weight is 416 g/mol. The molecule has 0 saturated heterocycles. The molecule has 0 bridgehead atoms. The van der Waals surface area contributed by atoms with Crippen molar-refractivity contribution in [1.29, 1.82) is 0 Å². The predicted molar refractivity (Wildman–Crippen MR) is 126 cm³/mol. The molecule has 0 heterocycles. The third kappa shape index (κ3) is 24.0. The molecule has 4 nitrogen and oxygen atoms in total. The maximum atomic E-state index is 8.83. The van der Waals surface area contributed by atoms with Crippen LogP contribution < -0.4 is 0 Å². The average Bonchev–Trinajstić information content (AvgIpc) is 2.70. The first-order valence-electron chi connectivity index (χ1n) is 12.7. The standard InChI is InChI=1S/C25H53NO3/c1-26(2)21-15-18-24-29-25(19-13-9-5-3-7-11-16-22-27)20-14-10-6-4-8-12-17-23-28/h25,27-28H,3-24H2,1-2H3. The molecule has 0 unspecified atom stereocenters. The number of unbranched alkanes of at least 4 members (excludes halogenated alkanes) is 13. The highest BCUT2D eigenvalue weighted by Crippen LogP contribution is 2.17. The Labute approximate surface area is 182 Å². The van der Waals surface area contributed by atoms with Gasteiger partial charge < -0.3 is 19.8 Å². The zero-order chi connectivity index (χ0) is 21.4. The lowest BCUT2D eigenvalue weighted by molar-refractivity contribution is 0.0353. The summed E-state index contributed by atoms with van der Waals surface area (Å²) in [5, 5.41) is 17.7. The van der Waals surface area contributed by atoms with Crippen molar-refractivity contribution in [2.24, 2.45) is 0 Å². The molecule has 29 heavy (non-hydrogen) atoms. The molecule has 0 saturated carbocycles. The SMILES string of the molecule is CN(C)CCCCOC(CCCCCCCCCO)CCCCCCCCCO. The van der Waals surface area contributed by atoms with E-state index < -0.39 is 0 Å². The van der Waals surface area contributed by atoms with Crippen LogP contribution in [0.1, 0.15) is 116 Å². The summed E-state index contributed by atoms with van der Waals surface area (Å²) in [4.78, 5) is 2.25. The number of ether oxygens (including phenoxy) is 1. The highest BCUT2D eigenvalue weighted by atomic mass is 16.5. The highest BCUT2D eigenvalue weighted by molar-refractivity contribution is 4.61. The van der Waals surface area contributed by atoms with Crippen molar-refractivity contribution in [3.63, 3.8) is 0 Å². The first-order valence-corrected chi connectivity index (χ1v) is 12.7. The van der Waals surface area contributed by atoms with Crippen molar-refractivity contribution >= 4 is 0 Å². The Morgan fingerprint density at radius 3 is 1.38 bits per heavy atom. The largest absolute Gasteiger partial charge is 0.396 e. The molecule has 0 spiro atoms. The minimum Gasteiger partial charge on any atom is -0.396 e. The second kappa shape index (κ2) is 24.1. The first kappa shape index (κ1) is 28.8. The lowest BCUT2D eigenvalue weighted by Gasteiger charge is -2.18. The van der Waals surface area contributed by atoms with Gasteiger partial charge >= 0.3 is 0 Å². The fourth-order valence-electron chi connectivity index (χ4n) is 3.83. The molecular formula is C25H53NO3. The van der Waals surface area contributed by atoms with Crippen LogP contribution in [0.3, 0.4) is 0 Å². The van der Waals surface area contributed by atoms with E-state index in [0.29, 0.717) is 19.3 Å². The van der Waals surface area contributed by atoms with E-state index in [1.165, 1.54) is 103 Å². The molecule has 4 heteroatoms. The van der Waals surface area contributed by atoms with Crippen molar-refractivity contribution in [2.75, 3.05) is 40.5 Å². The van der Waals surface area contributed by atoms with Gasteiger partial charge in [0.25, 0.3) is 0 Å². The van der Waals surface area contributed by atoms with E-state index in [-0.39, 0.29) is 0 Å². The lowest BCUT2D eigenvalue weighted by Crippen LogP contribution is -2.16. The minimum atomic E-state index is 0.343. The summed E-state index contributed by atoms with van der Waals surface area (Å²) in [5.74, 6) is 0. The number of hydrogen-bond donors (Lipinski definition) is 2. The summed E-state index contributed by atoms with van der Waals surface area (Å²) in [6.45, 7) is 2.76. The van der Waals surface area contributed by atoms with Crippen LogP contribution in [0.15, 0.2) is 0 Å². The van der Waals surface area contributed by atoms with Gasteiger partial charge in [0.1, 0.15) is 0 Å². The maximum absolute atomic E-state index is 8.83. The minimum absolute atomic E-state index is 0.343. The molecule has 0 aromatic heterocycles. The summed E-state index contributed by atoms with van der Waals surface area (Å²) < 4.78 is 6.27. The van der Waals surface area contributed by atoms with E-state index >= 15 is 0 Å². The Hall–Kier alpha value is -0.160. The molecular weight excluding hydrogens is 362 g/mol. The Morgan fingerprint density at radius 2 is 0.966 bits per heavy atom. The van der Waals surface area contributed by atoms with Crippen LogP contribution in [0, 0.1) is 0 Å². The molecule has 0 aliphatic heterocycles. The molecule has 176 valence electrons. The summed E-state index contributed by atoms with van der Waals surface area (Å²) >= 11 is 0. The molecule has 0 radical (unpaired) electrons. The fraction of sp³-hybridized carbons (Fsp3) is 1.00. The normalized spacial score (nSPS) is 11.8. The van der Waals surface area contributed by atoms with E-state index in [4.69, 9.17) is 14.9 Å². The summed E-state index contributed by atoms with van der Waals surface area (Å²) in [6, 6.07) is 0. The van der Waals surface area contributed by atoms with Gasteiger partial charge in [0.15, 0.2) is 0 Å². The zero-order valence-electron chi connectivity index (χ0n) is 19.9. The second-order valence-electron chi connectivity index (χ2n) is 8.98. The van der Waals surface area contributed by atoms with Gasteiger partial charge in [-0.25, -0.2) is 0 Å². The molecule has 0 aliphatic carbocycles. The highest BCUT2D eigenvalue weighted by Gasteiger charge is 2.09. The van der Waals surface area contributed by atoms with Crippen LogP contribution in [-0.4, -0.2) is 61.7 Å². The lowest BCUT2D eigenvalue weighted by atomic mass is 10.0. The first-order chi connectivity index (χ1) is 14.2. The van der Waals surface area contributed by atoms with Gasteiger partial charge in [0.2, 0.25) is 0 Å². The van der Waals surface area contributed by atoms with Crippen LogP contribution in [0.25, 0.3) is 0 Å². The van der Waals surface area contributed by atoms with Crippen molar-refractivity contribution in [2.45, 2.75) is 122 Å². The molecule has 2 N–H and O–H groups in total. The van der Waals surface area contributed by atoms with Crippen LogP contribution >= 0.6 is 0 Å². The van der Waals surface area contributed by atoms with Gasteiger partial charge in [-0.05, 0) is 59.2 Å². The van der Waals surface area contributed by atoms with Crippen LogP contribution in [-0.2, 0) is 4.74 Å². The van der Waals surface area contributed by atoms with E-state index in [0.717, 1.165) is 26.0 Å². The van der Waals surface area contributed by atoms with E-state index in [1.807, 2.05) is 0 Å². The fourth-order valence-corrected chi connectivity index (χ4v) is 3.83. The van der Waals surface area contributed by atoms with E-state index in [2.05, 4.69) is 19.0 Å². The van der Waals surface area contributed by atoms with Gasteiger partial charge in [-0.15, -0.1) is 0 Å². The van der Waals surface area contributed by atoms with Gasteiger partial charge in [-0.3, -0.25) is 0 Å². The number of rotatable bonds is 24. The summed E-state index contributed by atoms with van der Waals surface area (Å²) in [6.07, 6.45) is 22.6. The van der Waals surface area contributed by atoms with Gasteiger partial charge in [-0.1, -0.05) is 77.0 Å². The molecule has 0 fully saturated rings.